The van der Waals surface area contributed by atoms with E-state index in [1.54, 1.807) is 30.3 Å². The van der Waals surface area contributed by atoms with E-state index < -0.39 is 5.97 Å². The van der Waals surface area contributed by atoms with E-state index in [4.69, 9.17) is 21.1 Å². The second kappa shape index (κ2) is 4.40. The van der Waals surface area contributed by atoms with Crippen LogP contribution in [-0.4, -0.2) is 16.1 Å². The molecule has 0 aliphatic heterocycles. The summed E-state index contributed by atoms with van der Waals surface area (Å²) in [5.41, 5.74) is 2.06. The smallest absolute Gasteiger partial charge is 0.335 e. The molecule has 3 rings (SSSR count). The number of oxazole rings is 1. The summed E-state index contributed by atoms with van der Waals surface area (Å²) < 4.78 is 5.58. The van der Waals surface area contributed by atoms with Crippen molar-refractivity contribution >= 4 is 28.7 Å². The molecule has 3 aromatic rings. The molecule has 0 saturated carbocycles. The molecule has 0 aliphatic carbocycles. The van der Waals surface area contributed by atoms with Crippen molar-refractivity contribution in [3.8, 4) is 11.5 Å². The Bertz CT molecular complexity index is 779. The molecule has 1 heterocycles. The maximum Gasteiger partial charge on any atom is 0.335 e. The van der Waals surface area contributed by atoms with Crippen LogP contribution in [0.3, 0.4) is 0 Å². The molecule has 2 aromatic carbocycles. The van der Waals surface area contributed by atoms with Gasteiger partial charge in [-0.05, 0) is 30.3 Å². The fraction of sp³-hybridized carbons (Fsp3) is 0. The van der Waals surface area contributed by atoms with Gasteiger partial charge in [-0.2, -0.15) is 0 Å². The van der Waals surface area contributed by atoms with Crippen molar-refractivity contribution < 1.29 is 14.3 Å². The number of nitrogens with zero attached hydrogens (tertiary/aromatic N) is 1. The zero-order valence-corrected chi connectivity index (χ0v) is 10.4. The largest absolute Gasteiger partial charge is 0.478 e. The van der Waals surface area contributed by atoms with E-state index in [1.807, 2.05) is 0 Å². The van der Waals surface area contributed by atoms with Gasteiger partial charge in [-0.1, -0.05) is 17.7 Å². The summed E-state index contributed by atoms with van der Waals surface area (Å²) in [6.45, 7) is 0. The van der Waals surface area contributed by atoms with Crippen LogP contribution in [0.5, 0.6) is 0 Å². The summed E-state index contributed by atoms with van der Waals surface area (Å²) in [5, 5.41) is 9.53. The lowest BCUT2D eigenvalue weighted by Crippen LogP contribution is -1.95. The van der Waals surface area contributed by atoms with E-state index in [-0.39, 0.29) is 5.56 Å². The first kappa shape index (κ1) is 11.7. The van der Waals surface area contributed by atoms with Gasteiger partial charge in [-0.25, -0.2) is 9.78 Å². The molecule has 0 bridgehead atoms. The third kappa shape index (κ3) is 2.18. The predicted octanol–water partition coefficient (Wildman–Crippen LogP) is 3.85. The fourth-order valence-electron chi connectivity index (χ4n) is 1.81. The van der Waals surface area contributed by atoms with Crippen molar-refractivity contribution in [3.05, 3.63) is 53.1 Å². The molecule has 4 nitrogen and oxygen atoms in total. The molecule has 0 spiro atoms. The van der Waals surface area contributed by atoms with E-state index in [2.05, 4.69) is 4.98 Å². The highest BCUT2D eigenvalue weighted by molar-refractivity contribution is 6.31. The first-order chi connectivity index (χ1) is 9.13. The second-order valence-corrected chi connectivity index (χ2v) is 4.45. The lowest BCUT2D eigenvalue weighted by molar-refractivity contribution is 0.0697. The molecule has 94 valence electrons. The first-order valence-corrected chi connectivity index (χ1v) is 5.91. The van der Waals surface area contributed by atoms with E-state index in [9.17, 15) is 4.79 Å². The number of benzene rings is 2. The van der Waals surface area contributed by atoms with Gasteiger partial charge < -0.3 is 9.52 Å². The molecular weight excluding hydrogens is 266 g/mol. The zero-order valence-electron chi connectivity index (χ0n) is 9.63. The van der Waals surface area contributed by atoms with E-state index in [0.717, 1.165) is 0 Å². The van der Waals surface area contributed by atoms with Gasteiger partial charge in [-0.3, -0.25) is 0 Å². The standard InChI is InChI=1S/C14H8ClNO3/c15-10-4-5-11-12(7-10)19-13(16-11)8-2-1-3-9(6-8)14(17)18/h1-7H,(H,17,18). The molecule has 0 atom stereocenters. The molecule has 0 amide bonds. The van der Waals surface area contributed by atoms with Gasteiger partial charge in [0.05, 0.1) is 5.56 Å². The molecule has 5 heteroatoms. The van der Waals surface area contributed by atoms with Crippen LogP contribution in [0.1, 0.15) is 10.4 Å². The van der Waals surface area contributed by atoms with Gasteiger partial charge in [0.25, 0.3) is 0 Å². The van der Waals surface area contributed by atoms with Crippen molar-refractivity contribution in [1.29, 1.82) is 0 Å². The van der Waals surface area contributed by atoms with Gasteiger partial charge >= 0.3 is 5.97 Å². The average Bonchev–Trinajstić information content (AvgIpc) is 2.81. The number of hydrogen-bond donors (Lipinski definition) is 1. The van der Waals surface area contributed by atoms with Crippen LogP contribution < -0.4 is 0 Å². The highest BCUT2D eigenvalue weighted by atomic mass is 35.5. The minimum Gasteiger partial charge on any atom is -0.478 e. The molecule has 0 unspecified atom stereocenters. The summed E-state index contributed by atoms with van der Waals surface area (Å²) in [4.78, 5) is 15.2. The molecule has 1 aromatic heterocycles. The summed E-state index contributed by atoms with van der Waals surface area (Å²) in [7, 11) is 0. The molecule has 0 aliphatic rings. The molecule has 0 radical (unpaired) electrons. The van der Waals surface area contributed by atoms with Crippen LogP contribution in [0.25, 0.3) is 22.6 Å². The minimum atomic E-state index is -0.985. The van der Waals surface area contributed by atoms with E-state index in [0.29, 0.717) is 27.6 Å². The summed E-state index contributed by atoms with van der Waals surface area (Å²) >= 11 is 5.88. The van der Waals surface area contributed by atoms with E-state index >= 15 is 0 Å². The second-order valence-electron chi connectivity index (χ2n) is 4.02. The Morgan fingerprint density at radius 2 is 2.05 bits per heavy atom. The summed E-state index contributed by atoms with van der Waals surface area (Å²) in [6.07, 6.45) is 0. The van der Waals surface area contributed by atoms with Gasteiger partial charge in [0.2, 0.25) is 5.89 Å². The molecule has 19 heavy (non-hydrogen) atoms. The normalized spacial score (nSPS) is 10.8. The van der Waals surface area contributed by atoms with Crippen molar-refractivity contribution in [3.63, 3.8) is 0 Å². The number of carboxylic acid groups (broad SMARTS) is 1. The lowest BCUT2D eigenvalue weighted by atomic mass is 10.1. The fourth-order valence-corrected chi connectivity index (χ4v) is 1.97. The molecule has 1 N–H and O–H groups in total. The number of carboxylic acids is 1. The Kier molecular flexibility index (Phi) is 2.72. The van der Waals surface area contributed by atoms with E-state index in [1.165, 1.54) is 12.1 Å². The Morgan fingerprint density at radius 3 is 2.84 bits per heavy atom. The first-order valence-electron chi connectivity index (χ1n) is 5.53. The average molecular weight is 274 g/mol. The number of hydrogen-bond acceptors (Lipinski definition) is 3. The van der Waals surface area contributed by atoms with Gasteiger partial charge in [0, 0.05) is 16.7 Å². The topological polar surface area (TPSA) is 63.3 Å². The van der Waals surface area contributed by atoms with Crippen LogP contribution in [0.4, 0.5) is 0 Å². The lowest BCUT2D eigenvalue weighted by Gasteiger charge is -1.97. The van der Waals surface area contributed by atoms with Crippen molar-refractivity contribution in [2.45, 2.75) is 0 Å². The van der Waals surface area contributed by atoms with Gasteiger partial charge in [0.15, 0.2) is 5.58 Å². The number of halogens is 1. The van der Waals surface area contributed by atoms with Crippen molar-refractivity contribution in [1.82, 2.24) is 4.98 Å². The highest BCUT2D eigenvalue weighted by Gasteiger charge is 2.10. The van der Waals surface area contributed by atoms with Crippen LogP contribution in [0, 0.1) is 0 Å². The van der Waals surface area contributed by atoms with Crippen LogP contribution >= 0.6 is 11.6 Å². The number of aromatic carboxylic acids is 1. The number of carbonyl (C=O) groups is 1. The monoisotopic (exact) mass is 273 g/mol. The Labute approximate surface area is 113 Å². The number of rotatable bonds is 2. The van der Waals surface area contributed by atoms with Crippen LogP contribution in [0.15, 0.2) is 46.9 Å². The summed E-state index contributed by atoms with van der Waals surface area (Å²) in [6, 6.07) is 11.6. The Hall–Kier alpha value is -2.33. The predicted molar refractivity (Wildman–Crippen MR) is 71.4 cm³/mol. The maximum absolute atomic E-state index is 10.9. The zero-order chi connectivity index (χ0) is 13.4. The minimum absolute atomic E-state index is 0.192. The van der Waals surface area contributed by atoms with Crippen LogP contribution in [0.2, 0.25) is 5.02 Å². The Morgan fingerprint density at radius 1 is 1.21 bits per heavy atom. The molecular formula is C14H8ClNO3. The molecule has 0 saturated heterocycles. The number of fused-ring (bicyclic) bond motifs is 1. The third-order valence-corrected chi connectivity index (χ3v) is 2.94. The Balaban J connectivity index is 2.13. The quantitative estimate of drug-likeness (QED) is 0.770. The van der Waals surface area contributed by atoms with Gasteiger partial charge in [0.1, 0.15) is 5.52 Å². The summed E-state index contributed by atoms with van der Waals surface area (Å²) in [5.74, 6) is -0.610. The van der Waals surface area contributed by atoms with Gasteiger partial charge in [-0.15, -0.1) is 0 Å². The SMILES string of the molecule is O=C(O)c1cccc(-c2nc3ccc(Cl)cc3o2)c1. The highest BCUT2D eigenvalue weighted by Crippen LogP contribution is 2.26. The maximum atomic E-state index is 10.9. The van der Waals surface area contributed by atoms with Crippen LogP contribution in [-0.2, 0) is 0 Å². The molecule has 0 fully saturated rings. The van der Waals surface area contributed by atoms with Crippen molar-refractivity contribution in [2.24, 2.45) is 0 Å². The van der Waals surface area contributed by atoms with Crippen molar-refractivity contribution in [2.75, 3.05) is 0 Å². The third-order valence-electron chi connectivity index (χ3n) is 2.71. The number of aromatic nitrogens is 1.